The Morgan fingerprint density at radius 3 is 2.38 bits per heavy atom. The molecular weight excluding hydrogens is 393 g/mol. The Kier molecular flexibility index (Phi) is 7.58. The van der Waals surface area contributed by atoms with Crippen molar-refractivity contribution in [3.8, 4) is 0 Å². The van der Waals surface area contributed by atoms with Gasteiger partial charge < -0.3 is 10.2 Å². The number of alkyl halides is 1. The molecule has 0 unspecified atom stereocenters. The molecular formula is C22H25ClFN3O2. The molecule has 1 heterocycles. The van der Waals surface area contributed by atoms with Gasteiger partial charge in [-0.15, -0.1) is 11.6 Å². The van der Waals surface area contributed by atoms with Gasteiger partial charge in [-0.2, -0.15) is 0 Å². The van der Waals surface area contributed by atoms with Crippen LogP contribution in [0.2, 0.25) is 0 Å². The van der Waals surface area contributed by atoms with Crippen molar-refractivity contribution in [2.24, 2.45) is 0 Å². The second kappa shape index (κ2) is 10.3. The topological polar surface area (TPSA) is 62.3 Å². The highest BCUT2D eigenvalue weighted by Crippen LogP contribution is 2.25. The molecule has 0 aliphatic heterocycles. The number of aromatic nitrogens is 1. The van der Waals surface area contributed by atoms with E-state index in [0.717, 1.165) is 31.2 Å². The maximum absolute atomic E-state index is 13.3. The molecule has 0 spiro atoms. The SMILES string of the molecule is O=C(NC1CCCCC1)[C@@H](c1ccncc1)N(Cc1ccc(F)cc1)C(=O)CCl. The first kappa shape index (κ1) is 21.2. The Morgan fingerprint density at radius 2 is 1.76 bits per heavy atom. The first-order valence-electron chi connectivity index (χ1n) is 9.88. The largest absolute Gasteiger partial charge is 0.351 e. The third-order valence-electron chi connectivity index (χ3n) is 5.23. The van der Waals surface area contributed by atoms with Crippen molar-refractivity contribution in [3.05, 3.63) is 65.7 Å². The average Bonchev–Trinajstić information content (AvgIpc) is 2.75. The lowest BCUT2D eigenvalue weighted by Crippen LogP contribution is -2.47. The van der Waals surface area contributed by atoms with Crippen LogP contribution in [-0.2, 0) is 16.1 Å². The molecule has 7 heteroatoms. The number of hydrogen-bond acceptors (Lipinski definition) is 3. The standard InChI is InChI=1S/C22H25ClFN3O2/c23-14-20(28)27(15-16-6-8-18(24)9-7-16)21(17-10-12-25-13-11-17)22(29)26-19-4-2-1-3-5-19/h6-13,19,21H,1-5,14-15H2,(H,26,29)/t21-/m1/s1. The fourth-order valence-electron chi connectivity index (χ4n) is 3.73. The Morgan fingerprint density at radius 1 is 1.10 bits per heavy atom. The number of hydrogen-bond donors (Lipinski definition) is 1. The van der Waals surface area contributed by atoms with E-state index in [-0.39, 0.29) is 36.1 Å². The van der Waals surface area contributed by atoms with Gasteiger partial charge in [0.15, 0.2) is 0 Å². The number of rotatable bonds is 7. The molecule has 1 aromatic heterocycles. The highest BCUT2D eigenvalue weighted by molar-refractivity contribution is 6.27. The lowest BCUT2D eigenvalue weighted by atomic mass is 9.94. The van der Waals surface area contributed by atoms with Crippen LogP contribution in [-0.4, -0.2) is 33.6 Å². The second-order valence-corrected chi connectivity index (χ2v) is 7.58. The molecule has 1 saturated carbocycles. The Bertz CT molecular complexity index is 811. The van der Waals surface area contributed by atoms with E-state index in [2.05, 4.69) is 10.3 Å². The zero-order chi connectivity index (χ0) is 20.6. The molecule has 2 aromatic rings. The minimum Gasteiger partial charge on any atom is -0.351 e. The van der Waals surface area contributed by atoms with Crippen molar-refractivity contribution >= 4 is 23.4 Å². The van der Waals surface area contributed by atoms with Crippen LogP contribution in [0.1, 0.15) is 49.3 Å². The van der Waals surface area contributed by atoms with Crippen LogP contribution in [0.3, 0.4) is 0 Å². The average molecular weight is 418 g/mol. The summed E-state index contributed by atoms with van der Waals surface area (Å²) in [5.74, 6) is -1.20. The third kappa shape index (κ3) is 5.76. The van der Waals surface area contributed by atoms with Crippen LogP contribution < -0.4 is 5.32 Å². The molecule has 1 aromatic carbocycles. The molecule has 1 atom stereocenters. The number of carbonyl (C=O) groups is 2. The number of nitrogens with one attached hydrogen (secondary N) is 1. The quantitative estimate of drug-likeness (QED) is 0.693. The molecule has 1 fully saturated rings. The molecule has 1 aliphatic carbocycles. The van der Waals surface area contributed by atoms with Gasteiger partial charge in [0.05, 0.1) is 0 Å². The normalized spacial score (nSPS) is 15.5. The Hall–Kier alpha value is -2.47. The molecule has 5 nitrogen and oxygen atoms in total. The van der Waals surface area contributed by atoms with Gasteiger partial charge in [0, 0.05) is 25.0 Å². The van der Waals surface area contributed by atoms with E-state index >= 15 is 0 Å². The van der Waals surface area contributed by atoms with Gasteiger partial charge in [0.2, 0.25) is 11.8 Å². The van der Waals surface area contributed by atoms with Crippen molar-refractivity contribution < 1.29 is 14.0 Å². The first-order valence-corrected chi connectivity index (χ1v) is 10.4. The summed E-state index contributed by atoms with van der Waals surface area (Å²) in [7, 11) is 0. The Balaban J connectivity index is 1.90. The van der Waals surface area contributed by atoms with Gasteiger partial charge in [-0.25, -0.2) is 4.39 Å². The number of benzene rings is 1. The summed E-state index contributed by atoms with van der Waals surface area (Å²) in [6.45, 7) is 0.150. The van der Waals surface area contributed by atoms with Crippen molar-refractivity contribution in [1.82, 2.24) is 15.2 Å². The maximum Gasteiger partial charge on any atom is 0.247 e. The molecule has 29 heavy (non-hydrogen) atoms. The van der Waals surface area contributed by atoms with Crippen molar-refractivity contribution in [2.75, 3.05) is 5.88 Å². The Labute approximate surface area is 175 Å². The first-order chi connectivity index (χ1) is 14.1. The number of nitrogens with zero attached hydrogens (tertiary/aromatic N) is 2. The number of amides is 2. The van der Waals surface area contributed by atoms with E-state index in [1.165, 1.54) is 23.5 Å². The summed E-state index contributed by atoms with van der Waals surface area (Å²) in [6.07, 6.45) is 8.43. The molecule has 0 radical (unpaired) electrons. The summed E-state index contributed by atoms with van der Waals surface area (Å²) in [4.78, 5) is 31.5. The smallest absolute Gasteiger partial charge is 0.247 e. The summed E-state index contributed by atoms with van der Waals surface area (Å²) >= 11 is 5.87. The zero-order valence-electron chi connectivity index (χ0n) is 16.2. The van der Waals surface area contributed by atoms with Crippen LogP contribution in [0, 0.1) is 5.82 Å². The molecule has 1 aliphatic rings. The number of carbonyl (C=O) groups excluding carboxylic acids is 2. The second-order valence-electron chi connectivity index (χ2n) is 7.31. The van der Waals surface area contributed by atoms with Crippen LogP contribution in [0.4, 0.5) is 4.39 Å². The lowest BCUT2D eigenvalue weighted by Gasteiger charge is -2.33. The van der Waals surface area contributed by atoms with Crippen LogP contribution in [0.5, 0.6) is 0 Å². The lowest BCUT2D eigenvalue weighted by molar-refractivity contribution is -0.140. The monoisotopic (exact) mass is 417 g/mol. The minimum atomic E-state index is -0.837. The van der Waals surface area contributed by atoms with Crippen LogP contribution >= 0.6 is 11.6 Å². The fourth-order valence-corrected chi connectivity index (χ4v) is 3.89. The van der Waals surface area contributed by atoms with Gasteiger partial charge in [0.1, 0.15) is 17.7 Å². The predicted molar refractivity (Wildman–Crippen MR) is 110 cm³/mol. The van der Waals surface area contributed by atoms with E-state index in [0.29, 0.717) is 5.56 Å². The molecule has 2 amide bonds. The molecule has 0 bridgehead atoms. The summed E-state index contributed by atoms with van der Waals surface area (Å²) in [5, 5.41) is 3.12. The maximum atomic E-state index is 13.3. The number of halogens is 2. The molecule has 154 valence electrons. The predicted octanol–water partition coefficient (Wildman–Crippen LogP) is 3.98. The van der Waals surface area contributed by atoms with Crippen molar-refractivity contribution in [2.45, 2.75) is 50.7 Å². The molecule has 3 rings (SSSR count). The highest BCUT2D eigenvalue weighted by atomic mass is 35.5. The van der Waals surface area contributed by atoms with Crippen LogP contribution in [0.25, 0.3) is 0 Å². The van der Waals surface area contributed by atoms with E-state index in [1.807, 2.05) is 0 Å². The van der Waals surface area contributed by atoms with Crippen LogP contribution in [0.15, 0.2) is 48.8 Å². The number of pyridine rings is 1. The fraction of sp³-hybridized carbons (Fsp3) is 0.409. The minimum absolute atomic E-state index is 0.111. The van der Waals surface area contributed by atoms with Gasteiger partial charge in [-0.3, -0.25) is 14.6 Å². The molecule has 0 saturated heterocycles. The highest BCUT2D eigenvalue weighted by Gasteiger charge is 2.32. The van der Waals surface area contributed by atoms with Gasteiger partial charge in [-0.05, 0) is 48.2 Å². The van der Waals surface area contributed by atoms with Gasteiger partial charge in [0.25, 0.3) is 0 Å². The van der Waals surface area contributed by atoms with E-state index in [9.17, 15) is 14.0 Å². The molecule has 1 N–H and O–H groups in total. The van der Waals surface area contributed by atoms with Gasteiger partial charge >= 0.3 is 0 Å². The van der Waals surface area contributed by atoms with E-state index in [4.69, 9.17) is 11.6 Å². The van der Waals surface area contributed by atoms with E-state index in [1.54, 1.807) is 36.7 Å². The third-order valence-corrected chi connectivity index (χ3v) is 5.46. The van der Waals surface area contributed by atoms with Gasteiger partial charge in [-0.1, -0.05) is 31.4 Å². The van der Waals surface area contributed by atoms with Crippen molar-refractivity contribution in [1.29, 1.82) is 0 Å². The summed E-state index contributed by atoms with van der Waals surface area (Å²) in [5.41, 5.74) is 1.38. The van der Waals surface area contributed by atoms with E-state index < -0.39 is 6.04 Å². The summed E-state index contributed by atoms with van der Waals surface area (Å²) < 4.78 is 13.3. The van der Waals surface area contributed by atoms with Crippen molar-refractivity contribution in [3.63, 3.8) is 0 Å². The summed E-state index contributed by atoms with van der Waals surface area (Å²) in [6, 6.07) is 8.61. The zero-order valence-corrected chi connectivity index (χ0v) is 16.9.